The second-order valence-electron chi connectivity index (χ2n) is 5.04. The van der Waals surface area contributed by atoms with Crippen LogP contribution in [0.5, 0.6) is 0 Å². The lowest BCUT2D eigenvalue weighted by Gasteiger charge is -2.17. The van der Waals surface area contributed by atoms with E-state index >= 15 is 0 Å². The van der Waals surface area contributed by atoms with Gasteiger partial charge >= 0.3 is 0 Å². The van der Waals surface area contributed by atoms with Crippen molar-refractivity contribution < 1.29 is 8.42 Å². The van der Waals surface area contributed by atoms with Gasteiger partial charge in [-0.2, -0.15) is 0 Å². The lowest BCUT2D eigenvalue weighted by molar-refractivity contribution is 0.597. The number of primary sulfonamides is 1. The number of amidine groups is 1. The van der Waals surface area contributed by atoms with Gasteiger partial charge in [-0.15, -0.1) is 11.8 Å². The smallest absolute Gasteiger partial charge is 0.239 e. The second kappa shape index (κ2) is 7.37. The van der Waals surface area contributed by atoms with E-state index in [2.05, 4.69) is 21.8 Å². The summed E-state index contributed by atoms with van der Waals surface area (Å²) in [4.78, 5) is 5.10. The number of rotatable bonds is 5. The Labute approximate surface area is 154 Å². The summed E-state index contributed by atoms with van der Waals surface area (Å²) in [7, 11) is -3.85. The topological polar surface area (TPSA) is 84.6 Å². The molecule has 2 aromatic carbocycles. The molecule has 1 heterocycles. The van der Waals surface area contributed by atoms with Gasteiger partial charge in [0.15, 0.2) is 0 Å². The van der Waals surface area contributed by atoms with Crippen LogP contribution in [0.25, 0.3) is 0 Å². The Hall–Kier alpha value is -1.19. The number of benzene rings is 2. The van der Waals surface area contributed by atoms with Gasteiger partial charge in [0.1, 0.15) is 10.7 Å². The molecule has 0 amide bonds. The SMILES string of the molecule is NS(=O)(=O)c1cc2c(cc1Cl)N=C(CSCc1ccccc1)NS2. The Kier molecular flexibility index (Phi) is 5.41. The molecule has 24 heavy (non-hydrogen) atoms. The maximum atomic E-state index is 11.5. The molecule has 0 radical (unpaired) electrons. The van der Waals surface area contributed by atoms with Gasteiger partial charge in [-0.05, 0) is 29.6 Å². The van der Waals surface area contributed by atoms with E-state index in [1.165, 1.54) is 29.6 Å². The number of nitrogens with one attached hydrogen (secondary N) is 1. The first-order valence-corrected chi connectivity index (χ1v) is 10.8. The minimum absolute atomic E-state index is 0.0822. The van der Waals surface area contributed by atoms with Crippen molar-refractivity contribution in [1.82, 2.24) is 4.72 Å². The van der Waals surface area contributed by atoms with Crippen LogP contribution in [-0.2, 0) is 15.8 Å². The third-order valence-corrected chi connectivity index (χ3v) is 6.48. The van der Waals surface area contributed by atoms with Crippen molar-refractivity contribution >= 4 is 56.9 Å². The fourth-order valence-electron chi connectivity index (χ4n) is 2.10. The van der Waals surface area contributed by atoms with Crippen LogP contribution >= 0.6 is 35.3 Å². The van der Waals surface area contributed by atoms with E-state index < -0.39 is 10.0 Å². The molecule has 0 atom stereocenters. The van der Waals surface area contributed by atoms with Crippen molar-refractivity contribution in [2.75, 3.05) is 5.75 Å². The van der Waals surface area contributed by atoms with Gasteiger partial charge in [-0.1, -0.05) is 41.9 Å². The van der Waals surface area contributed by atoms with E-state index in [0.717, 1.165) is 17.3 Å². The molecular formula is C15H14ClN3O2S3. The highest BCUT2D eigenvalue weighted by molar-refractivity contribution is 8.00. The average Bonchev–Trinajstić information content (AvgIpc) is 2.54. The van der Waals surface area contributed by atoms with Crippen molar-refractivity contribution in [2.24, 2.45) is 10.1 Å². The van der Waals surface area contributed by atoms with Crippen LogP contribution in [0.1, 0.15) is 5.56 Å². The largest absolute Gasteiger partial charge is 0.313 e. The fourth-order valence-corrected chi connectivity index (χ4v) is 4.95. The van der Waals surface area contributed by atoms with Crippen molar-refractivity contribution in [3.8, 4) is 0 Å². The molecule has 0 saturated carbocycles. The van der Waals surface area contributed by atoms with Crippen molar-refractivity contribution in [3.05, 3.63) is 53.1 Å². The Morgan fingerprint density at radius 1 is 1.21 bits per heavy atom. The van der Waals surface area contributed by atoms with Gasteiger partial charge in [0.25, 0.3) is 0 Å². The minimum Gasteiger partial charge on any atom is -0.313 e. The van der Waals surface area contributed by atoms with Crippen molar-refractivity contribution in [2.45, 2.75) is 15.5 Å². The molecule has 0 unspecified atom stereocenters. The summed E-state index contributed by atoms with van der Waals surface area (Å²) in [5.74, 6) is 2.42. The first-order valence-electron chi connectivity index (χ1n) is 6.92. The fraction of sp³-hybridized carbons (Fsp3) is 0.133. The summed E-state index contributed by atoms with van der Waals surface area (Å²) >= 11 is 9.07. The zero-order chi connectivity index (χ0) is 17.2. The zero-order valence-corrected chi connectivity index (χ0v) is 15.6. The van der Waals surface area contributed by atoms with E-state index in [0.29, 0.717) is 10.6 Å². The minimum atomic E-state index is -3.85. The number of hydrogen-bond donors (Lipinski definition) is 2. The first kappa shape index (κ1) is 17.6. The molecule has 3 rings (SSSR count). The molecule has 3 N–H and O–H groups in total. The molecule has 1 aliphatic rings. The number of fused-ring (bicyclic) bond motifs is 1. The Morgan fingerprint density at radius 3 is 2.67 bits per heavy atom. The molecule has 0 aliphatic carbocycles. The highest BCUT2D eigenvalue weighted by atomic mass is 35.5. The molecule has 5 nitrogen and oxygen atoms in total. The summed E-state index contributed by atoms with van der Waals surface area (Å²) in [5, 5.41) is 5.24. The van der Waals surface area contributed by atoms with E-state index in [4.69, 9.17) is 16.7 Å². The second-order valence-corrected chi connectivity index (χ2v) is 8.81. The summed E-state index contributed by atoms with van der Waals surface area (Å²) in [6.45, 7) is 0. The molecule has 2 aromatic rings. The van der Waals surface area contributed by atoms with Gasteiger partial charge in [-0.25, -0.2) is 18.5 Å². The molecule has 126 valence electrons. The summed E-state index contributed by atoms with van der Waals surface area (Å²) in [6, 6.07) is 13.2. The molecule has 0 aromatic heterocycles. The highest BCUT2D eigenvalue weighted by Crippen LogP contribution is 2.37. The van der Waals surface area contributed by atoms with Crippen LogP contribution < -0.4 is 9.86 Å². The third kappa shape index (κ3) is 4.25. The van der Waals surface area contributed by atoms with Crippen molar-refractivity contribution in [1.29, 1.82) is 0 Å². The average molecular weight is 400 g/mol. The van der Waals surface area contributed by atoms with E-state index in [9.17, 15) is 8.42 Å². The number of hydrogen-bond acceptors (Lipinski definition) is 6. The standard InChI is InChI=1S/C15H14ClN3O2S3/c16-11-6-12-13(7-14(11)24(17,20)21)23-19-15(18-12)9-22-8-10-4-2-1-3-5-10/h1-7H,8-9H2,(H,18,19)(H2,17,20,21). The van der Waals surface area contributed by atoms with E-state index in [1.54, 1.807) is 11.8 Å². The molecule has 0 bridgehead atoms. The number of aliphatic imine (C=N–C) groups is 1. The van der Waals surface area contributed by atoms with Crippen LogP contribution in [0.4, 0.5) is 5.69 Å². The Balaban J connectivity index is 1.72. The third-order valence-electron chi connectivity index (χ3n) is 3.20. The lowest BCUT2D eigenvalue weighted by atomic mass is 10.2. The van der Waals surface area contributed by atoms with Crippen LogP contribution in [0.3, 0.4) is 0 Å². The maximum absolute atomic E-state index is 11.5. The van der Waals surface area contributed by atoms with Crippen LogP contribution in [-0.4, -0.2) is 20.0 Å². The molecular weight excluding hydrogens is 386 g/mol. The zero-order valence-electron chi connectivity index (χ0n) is 12.4. The van der Waals surface area contributed by atoms with Crippen LogP contribution in [0.15, 0.2) is 57.2 Å². The normalized spacial score (nSPS) is 13.8. The monoisotopic (exact) mass is 399 g/mol. The van der Waals surface area contributed by atoms with Crippen LogP contribution in [0.2, 0.25) is 5.02 Å². The summed E-state index contributed by atoms with van der Waals surface area (Å²) in [5.41, 5.74) is 1.90. The number of nitrogens with zero attached hydrogens (tertiary/aromatic N) is 1. The summed E-state index contributed by atoms with van der Waals surface area (Å²) in [6.07, 6.45) is 0. The molecule has 9 heteroatoms. The first-order chi connectivity index (χ1) is 11.4. The van der Waals surface area contributed by atoms with Gasteiger partial charge < -0.3 is 4.72 Å². The lowest BCUT2D eigenvalue weighted by Crippen LogP contribution is -2.21. The van der Waals surface area contributed by atoms with Gasteiger partial charge in [0.2, 0.25) is 10.0 Å². The van der Waals surface area contributed by atoms with Crippen LogP contribution in [0, 0.1) is 0 Å². The number of nitrogens with two attached hydrogens (primary N) is 1. The predicted octanol–water partition coefficient (Wildman–Crippen LogP) is 3.56. The number of thioether (sulfide) groups is 1. The number of sulfonamides is 1. The predicted molar refractivity (Wildman–Crippen MR) is 102 cm³/mol. The quantitative estimate of drug-likeness (QED) is 0.751. The molecule has 1 aliphatic heterocycles. The molecule has 0 saturated heterocycles. The van der Waals surface area contributed by atoms with Gasteiger partial charge in [0, 0.05) is 5.75 Å². The van der Waals surface area contributed by atoms with Gasteiger partial charge in [0.05, 0.1) is 21.4 Å². The van der Waals surface area contributed by atoms with Crippen molar-refractivity contribution in [3.63, 3.8) is 0 Å². The summed E-state index contributed by atoms with van der Waals surface area (Å²) < 4.78 is 26.1. The Morgan fingerprint density at radius 2 is 1.96 bits per heavy atom. The van der Waals surface area contributed by atoms with Gasteiger partial charge in [-0.3, -0.25) is 0 Å². The highest BCUT2D eigenvalue weighted by Gasteiger charge is 2.20. The molecule has 0 fully saturated rings. The maximum Gasteiger partial charge on any atom is 0.239 e. The van der Waals surface area contributed by atoms with E-state index in [-0.39, 0.29) is 9.92 Å². The van der Waals surface area contributed by atoms with E-state index in [1.807, 2.05) is 18.2 Å². The Bertz CT molecular complexity index is 886. The molecule has 0 spiro atoms. The number of halogens is 1.